The third kappa shape index (κ3) is 4.86. The molecule has 4 saturated heterocycles. The Bertz CT molecular complexity index is 830. The van der Waals surface area contributed by atoms with Crippen molar-refractivity contribution in [2.75, 3.05) is 46.4 Å². The number of piperidine rings is 1. The molecule has 1 unspecified atom stereocenters. The fourth-order valence-corrected chi connectivity index (χ4v) is 6.89. The van der Waals surface area contributed by atoms with E-state index in [1.165, 1.54) is 5.57 Å². The van der Waals surface area contributed by atoms with Crippen molar-refractivity contribution in [1.82, 2.24) is 9.80 Å². The summed E-state index contributed by atoms with van der Waals surface area (Å²) in [6.07, 6.45) is 3.17. The summed E-state index contributed by atoms with van der Waals surface area (Å²) < 4.78 is 49.6. The van der Waals surface area contributed by atoms with E-state index < -0.39 is 6.43 Å². The molecule has 4 aliphatic heterocycles. The van der Waals surface area contributed by atoms with Crippen LogP contribution in [0.5, 0.6) is 0 Å². The Kier molecular flexibility index (Phi) is 6.69. The number of ether oxygens (including phenoxy) is 4. The molecule has 5 fully saturated rings. The van der Waals surface area contributed by atoms with Gasteiger partial charge in [-0.15, -0.1) is 0 Å². The fraction of sp³-hybridized carbons (Fsp3) is 0.885. The van der Waals surface area contributed by atoms with Crippen molar-refractivity contribution < 1.29 is 32.5 Å². The highest BCUT2D eigenvalue weighted by molar-refractivity contribution is 5.69. The number of nitrogens with zero attached hydrogens (tertiary/aromatic N) is 2. The smallest absolute Gasteiger partial charge is 0.410 e. The molecule has 0 aromatic rings. The lowest BCUT2D eigenvalue weighted by Gasteiger charge is -2.53. The van der Waals surface area contributed by atoms with E-state index in [4.69, 9.17) is 18.9 Å². The summed E-state index contributed by atoms with van der Waals surface area (Å²) in [4.78, 5) is 16.6. The number of methoxy groups -OCH3 is 1. The van der Waals surface area contributed by atoms with E-state index in [0.717, 1.165) is 25.7 Å². The molecule has 0 aromatic heterocycles. The quantitative estimate of drug-likeness (QED) is 0.392. The standard InChI is InChI=1S/C26H40F2N2O5/c1-17(2)5-6-19-24(3,35-19)22-21(32-4)18(7-8-26(22)16-33-26)34-23(31)30-14-25(15-30)9-11-29(12-10-25)13-20(27)28/h5,18-22H,6-16H2,1-4H3/t18-,19-,21-,22?,24+,26+/m1/s1. The summed E-state index contributed by atoms with van der Waals surface area (Å²) in [6, 6.07) is 0. The maximum absolute atomic E-state index is 13.0. The molecule has 0 bridgehead atoms. The van der Waals surface area contributed by atoms with Gasteiger partial charge in [-0.25, -0.2) is 13.6 Å². The molecule has 5 aliphatic rings. The summed E-state index contributed by atoms with van der Waals surface area (Å²) in [5.74, 6) is 0.00371. The molecule has 0 aromatic carbocycles. The van der Waals surface area contributed by atoms with Gasteiger partial charge in [-0.05, 0) is 66.0 Å². The van der Waals surface area contributed by atoms with Crippen molar-refractivity contribution in [3.63, 3.8) is 0 Å². The van der Waals surface area contributed by atoms with Gasteiger partial charge < -0.3 is 23.8 Å². The molecule has 6 atom stereocenters. The minimum Gasteiger partial charge on any atom is -0.443 e. The van der Waals surface area contributed by atoms with Crippen LogP contribution >= 0.6 is 0 Å². The van der Waals surface area contributed by atoms with Crippen molar-refractivity contribution in [2.24, 2.45) is 11.3 Å². The lowest BCUT2D eigenvalue weighted by molar-refractivity contribution is -0.130. The van der Waals surface area contributed by atoms with Gasteiger partial charge in [0.15, 0.2) is 0 Å². The van der Waals surface area contributed by atoms with Gasteiger partial charge in [0.2, 0.25) is 0 Å². The van der Waals surface area contributed by atoms with Gasteiger partial charge in [-0.1, -0.05) is 11.6 Å². The number of epoxide rings is 2. The number of carbonyl (C=O) groups excluding carboxylic acids is 1. The predicted octanol–water partition coefficient (Wildman–Crippen LogP) is 3.86. The SMILES string of the molecule is CO[C@H]1C([C@@]2(C)O[C@@H]2CC=C(C)C)[C@]2(CC[C@H]1OC(=O)N1CC3(CCN(CC(F)F)CC3)C1)CO2. The van der Waals surface area contributed by atoms with Gasteiger partial charge in [0, 0.05) is 25.6 Å². The fourth-order valence-electron chi connectivity index (χ4n) is 6.89. The highest BCUT2D eigenvalue weighted by atomic mass is 19.3. The Morgan fingerprint density at radius 1 is 1.20 bits per heavy atom. The van der Waals surface area contributed by atoms with Crippen molar-refractivity contribution >= 4 is 6.09 Å². The Hall–Kier alpha value is -1.29. The molecule has 198 valence electrons. The van der Waals surface area contributed by atoms with Crippen LogP contribution in [0.1, 0.15) is 52.9 Å². The molecule has 1 saturated carbocycles. The highest BCUT2D eigenvalue weighted by Crippen LogP contribution is 2.59. The van der Waals surface area contributed by atoms with E-state index in [1.807, 2.05) is 4.90 Å². The van der Waals surface area contributed by atoms with Crippen molar-refractivity contribution in [3.05, 3.63) is 11.6 Å². The number of allylic oxidation sites excluding steroid dienone is 1. The Balaban J connectivity index is 1.17. The van der Waals surface area contributed by atoms with Crippen LogP contribution in [0.4, 0.5) is 13.6 Å². The molecule has 4 heterocycles. The molecule has 2 spiro atoms. The second-order valence-corrected chi connectivity index (χ2v) is 11.8. The number of hydrogen-bond donors (Lipinski definition) is 0. The monoisotopic (exact) mass is 498 g/mol. The molecule has 1 amide bonds. The van der Waals surface area contributed by atoms with Crippen LogP contribution in [0, 0.1) is 11.3 Å². The van der Waals surface area contributed by atoms with Crippen LogP contribution in [0.3, 0.4) is 0 Å². The van der Waals surface area contributed by atoms with Gasteiger partial charge in [0.25, 0.3) is 6.43 Å². The summed E-state index contributed by atoms with van der Waals surface area (Å²) in [7, 11) is 1.68. The third-order valence-corrected chi connectivity index (χ3v) is 9.11. The third-order valence-electron chi connectivity index (χ3n) is 9.11. The van der Waals surface area contributed by atoms with Gasteiger partial charge in [0.05, 0.1) is 25.2 Å². The molecule has 1 aliphatic carbocycles. The maximum Gasteiger partial charge on any atom is 0.410 e. The first-order valence-electron chi connectivity index (χ1n) is 13.0. The Morgan fingerprint density at radius 2 is 1.89 bits per heavy atom. The first-order valence-corrected chi connectivity index (χ1v) is 13.0. The number of carbonyl (C=O) groups is 1. The van der Waals surface area contributed by atoms with Crippen LogP contribution in [0.2, 0.25) is 0 Å². The van der Waals surface area contributed by atoms with E-state index in [2.05, 4.69) is 26.8 Å². The number of likely N-dealkylation sites (tertiary alicyclic amines) is 2. The minimum atomic E-state index is -2.30. The molecular formula is C26H40F2N2O5. The first kappa shape index (κ1) is 25.4. The van der Waals surface area contributed by atoms with Crippen LogP contribution in [-0.4, -0.2) is 98.3 Å². The molecule has 0 N–H and O–H groups in total. The molecule has 7 nitrogen and oxygen atoms in total. The zero-order valence-corrected chi connectivity index (χ0v) is 21.4. The lowest BCUT2D eigenvalue weighted by atomic mass is 9.68. The second-order valence-electron chi connectivity index (χ2n) is 11.8. The van der Waals surface area contributed by atoms with Gasteiger partial charge in [0.1, 0.15) is 23.4 Å². The number of halogens is 2. The normalized spacial score (nSPS) is 40.0. The van der Waals surface area contributed by atoms with Gasteiger partial charge in [-0.3, -0.25) is 4.90 Å². The summed E-state index contributed by atoms with van der Waals surface area (Å²) >= 11 is 0. The average molecular weight is 499 g/mol. The maximum atomic E-state index is 13.0. The van der Waals surface area contributed by atoms with Crippen LogP contribution < -0.4 is 0 Å². The largest absolute Gasteiger partial charge is 0.443 e. The zero-order chi connectivity index (χ0) is 25.0. The van der Waals surface area contributed by atoms with Crippen molar-refractivity contribution in [2.45, 2.75) is 88.8 Å². The summed E-state index contributed by atoms with van der Waals surface area (Å²) in [5.41, 5.74) is 0.713. The second kappa shape index (κ2) is 9.23. The minimum absolute atomic E-state index is 0.00371. The van der Waals surface area contributed by atoms with Crippen molar-refractivity contribution in [1.29, 1.82) is 0 Å². The first-order chi connectivity index (χ1) is 16.6. The Labute approximate surface area is 207 Å². The molecule has 9 heteroatoms. The van der Waals surface area contributed by atoms with Gasteiger partial charge >= 0.3 is 6.09 Å². The predicted molar refractivity (Wildman–Crippen MR) is 125 cm³/mol. The summed E-state index contributed by atoms with van der Waals surface area (Å²) in [5, 5.41) is 0. The number of hydrogen-bond acceptors (Lipinski definition) is 6. The van der Waals surface area contributed by atoms with Crippen LogP contribution in [0.25, 0.3) is 0 Å². The highest BCUT2D eigenvalue weighted by Gasteiger charge is 2.72. The van der Waals surface area contributed by atoms with Crippen molar-refractivity contribution in [3.8, 4) is 0 Å². The van der Waals surface area contributed by atoms with E-state index >= 15 is 0 Å². The van der Waals surface area contributed by atoms with Crippen LogP contribution in [0.15, 0.2) is 11.6 Å². The van der Waals surface area contributed by atoms with E-state index in [9.17, 15) is 13.6 Å². The van der Waals surface area contributed by atoms with E-state index in [-0.39, 0.29) is 53.5 Å². The van der Waals surface area contributed by atoms with Crippen LogP contribution in [-0.2, 0) is 18.9 Å². The summed E-state index contributed by atoms with van der Waals surface area (Å²) in [6.45, 7) is 9.46. The number of amides is 1. The van der Waals surface area contributed by atoms with Gasteiger partial charge in [-0.2, -0.15) is 0 Å². The molecule has 0 radical (unpaired) electrons. The lowest BCUT2D eigenvalue weighted by Crippen LogP contribution is -2.63. The molecular weight excluding hydrogens is 458 g/mol. The Morgan fingerprint density at radius 3 is 2.46 bits per heavy atom. The zero-order valence-electron chi connectivity index (χ0n) is 21.4. The van der Waals surface area contributed by atoms with E-state index in [1.54, 1.807) is 12.0 Å². The average Bonchev–Trinajstić information content (AvgIpc) is 3.69. The number of alkyl halides is 2. The van der Waals surface area contributed by atoms with E-state index in [0.29, 0.717) is 39.2 Å². The topological polar surface area (TPSA) is 67.1 Å². The molecule has 5 rings (SSSR count). The molecule has 35 heavy (non-hydrogen) atoms. The number of rotatable bonds is 7.